The molecule has 3 heteroatoms. The number of hydrogen-bond acceptors (Lipinski definition) is 3. The molecular formula is C12H21N3. The second-order valence-corrected chi connectivity index (χ2v) is 4.12. The van der Waals surface area contributed by atoms with Gasteiger partial charge in [-0.15, -0.1) is 0 Å². The van der Waals surface area contributed by atoms with Crippen LogP contribution in [0.25, 0.3) is 0 Å². The molecule has 0 bridgehead atoms. The van der Waals surface area contributed by atoms with Gasteiger partial charge in [0.15, 0.2) is 0 Å². The summed E-state index contributed by atoms with van der Waals surface area (Å²) in [5.74, 6) is 0. The molecule has 15 heavy (non-hydrogen) atoms. The van der Waals surface area contributed by atoms with Gasteiger partial charge in [0.25, 0.3) is 0 Å². The van der Waals surface area contributed by atoms with Crippen LogP contribution in [-0.4, -0.2) is 32.1 Å². The maximum atomic E-state index is 5.95. The Morgan fingerprint density at radius 2 is 2.07 bits per heavy atom. The fraction of sp³-hybridized carbons (Fsp3) is 0.500. The Morgan fingerprint density at radius 1 is 1.33 bits per heavy atom. The quantitative estimate of drug-likeness (QED) is 0.572. The van der Waals surface area contributed by atoms with E-state index in [1.165, 1.54) is 0 Å². The predicted octanol–water partition coefficient (Wildman–Crippen LogP) is 1.94. The van der Waals surface area contributed by atoms with Gasteiger partial charge >= 0.3 is 0 Å². The summed E-state index contributed by atoms with van der Waals surface area (Å²) in [5.41, 5.74) is 9.00. The second kappa shape index (κ2) is 5.61. The van der Waals surface area contributed by atoms with Gasteiger partial charge in [-0.25, -0.2) is 0 Å². The summed E-state index contributed by atoms with van der Waals surface area (Å²) in [6, 6.07) is 6.08. The van der Waals surface area contributed by atoms with Gasteiger partial charge in [-0.05, 0) is 45.6 Å². The van der Waals surface area contributed by atoms with Gasteiger partial charge in [-0.2, -0.15) is 0 Å². The van der Waals surface area contributed by atoms with Crippen molar-refractivity contribution >= 4 is 11.4 Å². The molecule has 0 aliphatic rings. The van der Waals surface area contributed by atoms with Gasteiger partial charge < -0.3 is 16.0 Å². The van der Waals surface area contributed by atoms with Crippen molar-refractivity contribution in [2.24, 2.45) is 0 Å². The van der Waals surface area contributed by atoms with E-state index in [9.17, 15) is 0 Å². The molecule has 0 heterocycles. The highest BCUT2D eigenvalue weighted by atomic mass is 15.1. The van der Waals surface area contributed by atoms with Crippen LogP contribution in [-0.2, 0) is 0 Å². The maximum Gasteiger partial charge on any atom is 0.0579 e. The Hall–Kier alpha value is -1.22. The van der Waals surface area contributed by atoms with Crippen molar-refractivity contribution in [3.05, 3.63) is 23.8 Å². The topological polar surface area (TPSA) is 41.3 Å². The number of nitrogens with one attached hydrogen (secondary N) is 1. The van der Waals surface area contributed by atoms with E-state index in [4.69, 9.17) is 5.73 Å². The van der Waals surface area contributed by atoms with E-state index in [-0.39, 0.29) is 0 Å². The summed E-state index contributed by atoms with van der Waals surface area (Å²) < 4.78 is 0. The van der Waals surface area contributed by atoms with E-state index in [0.717, 1.165) is 36.4 Å². The van der Waals surface area contributed by atoms with Crippen LogP contribution < -0.4 is 11.1 Å². The smallest absolute Gasteiger partial charge is 0.0579 e. The summed E-state index contributed by atoms with van der Waals surface area (Å²) in [4.78, 5) is 2.18. The number of nitrogens with zero attached hydrogens (tertiary/aromatic N) is 1. The molecule has 0 saturated heterocycles. The summed E-state index contributed by atoms with van der Waals surface area (Å²) in [6.45, 7) is 4.09. The average Bonchev–Trinajstić information content (AvgIpc) is 2.18. The number of benzene rings is 1. The van der Waals surface area contributed by atoms with Crippen molar-refractivity contribution in [1.29, 1.82) is 0 Å². The van der Waals surface area contributed by atoms with Crippen LogP contribution in [0.1, 0.15) is 12.0 Å². The lowest BCUT2D eigenvalue weighted by Crippen LogP contribution is -2.16. The highest BCUT2D eigenvalue weighted by Crippen LogP contribution is 2.21. The fourth-order valence-electron chi connectivity index (χ4n) is 1.45. The van der Waals surface area contributed by atoms with E-state index >= 15 is 0 Å². The first-order chi connectivity index (χ1) is 7.11. The molecule has 0 amide bonds. The lowest BCUT2D eigenvalue weighted by Gasteiger charge is -2.13. The number of anilines is 2. The normalized spacial score (nSPS) is 10.7. The van der Waals surface area contributed by atoms with E-state index in [1.807, 2.05) is 25.1 Å². The third-order valence-electron chi connectivity index (χ3n) is 2.42. The van der Waals surface area contributed by atoms with Gasteiger partial charge in [0.05, 0.1) is 11.4 Å². The number of hydrogen-bond donors (Lipinski definition) is 2. The number of para-hydroxylation sites is 1. The van der Waals surface area contributed by atoms with E-state index < -0.39 is 0 Å². The van der Waals surface area contributed by atoms with Crippen molar-refractivity contribution in [3.63, 3.8) is 0 Å². The third kappa shape index (κ3) is 3.80. The predicted molar refractivity (Wildman–Crippen MR) is 67.3 cm³/mol. The van der Waals surface area contributed by atoms with Crippen LogP contribution in [0.4, 0.5) is 11.4 Å². The molecule has 0 radical (unpaired) electrons. The molecule has 1 rings (SSSR count). The van der Waals surface area contributed by atoms with Gasteiger partial charge in [0.2, 0.25) is 0 Å². The number of nitrogen functional groups attached to an aromatic ring is 1. The van der Waals surface area contributed by atoms with Crippen molar-refractivity contribution in [2.75, 3.05) is 38.2 Å². The van der Waals surface area contributed by atoms with Crippen LogP contribution in [0.15, 0.2) is 18.2 Å². The average molecular weight is 207 g/mol. The van der Waals surface area contributed by atoms with Gasteiger partial charge in [0, 0.05) is 6.54 Å². The zero-order valence-electron chi connectivity index (χ0n) is 9.88. The van der Waals surface area contributed by atoms with Crippen LogP contribution in [0, 0.1) is 6.92 Å². The van der Waals surface area contributed by atoms with Crippen LogP contribution in [0.5, 0.6) is 0 Å². The largest absolute Gasteiger partial charge is 0.397 e. The van der Waals surface area contributed by atoms with Crippen LogP contribution in [0.3, 0.4) is 0 Å². The molecule has 0 atom stereocenters. The minimum absolute atomic E-state index is 0.863. The molecule has 1 aromatic rings. The molecule has 0 saturated carbocycles. The van der Waals surface area contributed by atoms with Crippen LogP contribution >= 0.6 is 0 Å². The molecule has 1 aromatic carbocycles. The van der Waals surface area contributed by atoms with Crippen molar-refractivity contribution in [3.8, 4) is 0 Å². The SMILES string of the molecule is Cc1cccc(NCCCN(C)C)c1N. The lowest BCUT2D eigenvalue weighted by molar-refractivity contribution is 0.405. The van der Waals surface area contributed by atoms with Gasteiger partial charge in [0.1, 0.15) is 0 Å². The van der Waals surface area contributed by atoms with E-state index in [1.54, 1.807) is 0 Å². The molecular weight excluding hydrogens is 186 g/mol. The monoisotopic (exact) mass is 207 g/mol. The molecule has 84 valence electrons. The molecule has 0 aliphatic heterocycles. The van der Waals surface area contributed by atoms with Crippen molar-refractivity contribution < 1.29 is 0 Å². The first-order valence-electron chi connectivity index (χ1n) is 5.35. The van der Waals surface area contributed by atoms with E-state index in [0.29, 0.717) is 0 Å². The summed E-state index contributed by atoms with van der Waals surface area (Å²) in [5, 5.41) is 3.36. The maximum absolute atomic E-state index is 5.95. The highest BCUT2D eigenvalue weighted by Gasteiger charge is 1.99. The summed E-state index contributed by atoms with van der Waals surface area (Å²) in [6.07, 6.45) is 1.13. The third-order valence-corrected chi connectivity index (χ3v) is 2.42. The molecule has 0 spiro atoms. The molecule has 3 N–H and O–H groups in total. The molecule has 3 nitrogen and oxygen atoms in total. The lowest BCUT2D eigenvalue weighted by atomic mass is 10.1. The molecule has 0 aliphatic carbocycles. The van der Waals surface area contributed by atoms with Crippen LogP contribution in [0.2, 0.25) is 0 Å². The molecule has 0 aromatic heterocycles. The summed E-state index contributed by atoms with van der Waals surface area (Å²) in [7, 11) is 4.17. The number of rotatable bonds is 5. The van der Waals surface area contributed by atoms with Crippen molar-refractivity contribution in [1.82, 2.24) is 4.90 Å². The van der Waals surface area contributed by atoms with Gasteiger partial charge in [-0.1, -0.05) is 12.1 Å². The zero-order chi connectivity index (χ0) is 11.3. The standard InChI is InChI=1S/C12H21N3/c1-10-6-4-7-11(12(10)13)14-8-5-9-15(2)3/h4,6-7,14H,5,8-9,13H2,1-3H3. The van der Waals surface area contributed by atoms with Crippen molar-refractivity contribution in [2.45, 2.75) is 13.3 Å². The number of aryl methyl sites for hydroxylation is 1. The Morgan fingerprint density at radius 3 is 2.73 bits per heavy atom. The fourth-order valence-corrected chi connectivity index (χ4v) is 1.45. The molecule has 0 unspecified atom stereocenters. The first-order valence-corrected chi connectivity index (χ1v) is 5.35. The first kappa shape index (κ1) is 11.9. The Kier molecular flexibility index (Phi) is 4.43. The van der Waals surface area contributed by atoms with Gasteiger partial charge in [-0.3, -0.25) is 0 Å². The Bertz CT molecular complexity index is 308. The minimum atomic E-state index is 0.863. The number of nitrogens with two attached hydrogens (primary N) is 1. The zero-order valence-corrected chi connectivity index (χ0v) is 9.88. The molecule has 0 fully saturated rings. The Labute approximate surface area is 92.3 Å². The highest BCUT2D eigenvalue weighted by molar-refractivity contribution is 5.69. The summed E-state index contributed by atoms with van der Waals surface area (Å²) >= 11 is 0. The second-order valence-electron chi connectivity index (χ2n) is 4.12. The Balaban J connectivity index is 2.41. The van der Waals surface area contributed by atoms with E-state index in [2.05, 4.69) is 24.3 Å². The minimum Gasteiger partial charge on any atom is -0.397 e.